The number of aryl methyl sites for hydroxylation is 1. The molecule has 40 heavy (non-hydrogen) atoms. The third kappa shape index (κ3) is 5.33. The van der Waals surface area contributed by atoms with Gasteiger partial charge in [0.1, 0.15) is 0 Å². The Balaban J connectivity index is 1.44. The van der Waals surface area contributed by atoms with Crippen LogP contribution in [0.3, 0.4) is 0 Å². The highest BCUT2D eigenvalue weighted by Crippen LogP contribution is 2.37. The zero-order valence-corrected chi connectivity index (χ0v) is 23.9. The van der Waals surface area contributed by atoms with Crippen LogP contribution >= 0.6 is 11.6 Å². The normalized spacial score (nSPS) is 13.7. The molecular formula is C31H33ClN6O2. The SMILES string of the molecule is CCN(CC)CCNC(=O)c1c(C)[nH]c(C=C2C(=O)Nc3ccc(-c4ccnn4-c4ccc(Cl)cc4)cc32)c1C. The average molecular weight is 557 g/mol. The van der Waals surface area contributed by atoms with Gasteiger partial charge in [0.05, 0.1) is 28.7 Å². The summed E-state index contributed by atoms with van der Waals surface area (Å²) in [5, 5.41) is 11.2. The fraction of sp³-hybridized carbons (Fsp3) is 0.258. The number of anilines is 1. The zero-order chi connectivity index (χ0) is 28.4. The van der Waals surface area contributed by atoms with E-state index in [1.807, 2.05) is 73.1 Å². The van der Waals surface area contributed by atoms with Crippen molar-refractivity contribution in [1.29, 1.82) is 0 Å². The van der Waals surface area contributed by atoms with Crippen molar-refractivity contribution in [2.45, 2.75) is 27.7 Å². The van der Waals surface area contributed by atoms with Crippen molar-refractivity contribution in [2.75, 3.05) is 31.5 Å². The number of aromatic nitrogens is 3. The monoisotopic (exact) mass is 556 g/mol. The van der Waals surface area contributed by atoms with Crippen molar-refractivity contribution in [3.8, 4) is 16.9 Å². The van der Waals surface area contributed by atoms with Crippen molar-refractivity contribution >= 4 is 40.8 Å². The lowest BCUT2D eigenvalue weighted by molar-refractivity contribution is -0.110. The molecule has 4 aromatic rings. The summed E-state index contributed by atoms with van der Waals surface area (Å²) in [6.07, 6.45) is 3.58. The summed E-state index contributed by atoms with van der Waals surface area (Å²) < 4.78 is 1.84. The van der Waals surface area contributed by atoms with E-state index in [4.69, 9.17) is 11.6 Å². The van der Waals surface area contributed by atoms with Gasteiger partial charge in [0.2, 0.25) is 0 Å². The van der Waals surface area contributed by atoms with Gasteiger partial charge in [-0.15, -0.1) is 0 Å². The number of hydrogen-bond acceptors (Lipinski definition) is 4. The molecule has 206 valence electrons. The maximum Gasteiger partial charge on any atom is 0.256 e. The fourth-order valence-corrected chi connectivity index (χ4v) is 5.29. The summed E-state index contributed by atoms with van der Waals surface area (Å²) in [7, 11) is 0. The van der Waals surface area contributed by atoms with Crippen molar-refractivity contribution in [3.05, 3.63) is 87.8 Å². The molecule has 0 radical (unpaired) electrons. The number of nitrogens with zero attached hydrogens (tertiary/aromatic N) is 3. The molecule has 0 bridgehead atoms. The minimum Gasteiger partial charge on any atom is -0.358 e. The summed E-state index contributed by atoms with van der Waals surface area (Å²) in [5.41, 5.74) is 7.69. The van der Waals surface area contributed by atoms with E-state index < -0.39 is 0 Å². The molecule has 0 unspecified atom stereocenters. The molecule has 2 amide bonds. The van der Waals surface area contributed by atoms with E-state index >= 15 is 0 Å². The molecule has 9 heteroatoms. The van der Waals surface area contributed by atoms with Gasteiger partial charge < -0.3 is 20.5 Å². The van der Waals surface area contributed by atoms with Gasteiger partial charge in [-0.1, -0.05) is 31.5 Å². The van der Waals surface area contributed by atoms with Crippen LogP contribution in [0.15, 0.2) is 54.7 Å². The molecule has 0 fully saturated rings. The zero-order valence-electron chi connectivity index (χ0n) is 23.1. The minimum absolute atomic E-state index is 0.114. The summed E-state index contributed by atoms with van der Waals surface area (Å²) in [4.78, 5) is 31.7. The second-order valence-electron chi connectivity index (χ2n) is 9.82. The number of H-pyrrole nitrogens is 1. The molecule has 0 atom stereocenters. The van der Waals surface area contributed by atoms with Gasteiger partial charge in [-0.25, -0.2) is 4.68 Å². The van der Waals surface area contributed by atoms with E-state index in [9.17, 15) is 9.59 Å². The molecule has 0 aliphatic carbocycles. The Bertz CT molecular complexity index is 1590. The number of rotatable bonds is 9. The highest BCUT2D eigenvalue weighted by molar-refractivity contribution is 6.35. The van der Waals surface area contributed by atoms with Gasteiger partial charge >= 0.3 is 0 Å². The molecule has 3 N–H and O–H groups in total. The predicted molar refractivity (Wildman–Crippen MR) is 161 cm³/mol. The van der Waals surface area contributed by atoms with Crippen LogP contribution in [0.2, 0.25) is 5.02 Å². The summed E-state index contributed by atoms with van der Waals surface area (Å²) in [6.45, 7) is 11.3. The van der Waals surface area contributed by atoms with Gasteiger partial charge in [-0.3, -0.25) is 9.59 Å². The number of hydrogen-bond donors (Lipinski definition) is 3. The molecule has 5 rings (SSSR count). The van der Waals surface area contributed by atoms with Crippen molar-refractivity contribution in [3.63, 3.8) is 0 Å². The molecule has 0 spiro atoms. The van der Waals surface area contributed by atoms with Crippen LogP contribution in [0.25, 0.3) is 28.6 Å². The maximum atomic E-state index is 13.0. The highest BCUT2D eigenvalue weighted by Gasteiger charge is 2.26. The van der Waals surface area contributed by atoms with E-state index in [2.05, 4.69) is 39.5 Å². The largest absolute Gasteiger partial charge is 0.358 e. The van der Waals surface area contributed by atoms with Gasteiger partial charge in [-0.05, 0) is 81.0 Å². The van der Waals surface area contributed by atoms with Crippen LogP contribution in [0.4, 0.5) is 5.69 Å². The Morgan fingerprint density at radius 3 is 2.58 bits per heavy atom. The summed E-state index contributed by atoms with van der Waals surface area (Å²) >= 11 is 6.07. The van der Waals surface area contributed by atoms with E-state index in [-0.39, 0.29) is 11.8 Å². The van der Waals surface area contributed by atoms with Crippen molar-refractivity contribution in [2.24, 2.45) is 0 Å². The number of benzene rings is 2. The Kier molecular flexibility index (Phi) is 7.91. The molecule has 1 aliphatic rings. The lowest BCUT2D eigenvalue weighted by Gasteiger charge is -2.18. The standard InChI is InChI=1S/C31H33ClN6O2/c1-5-37(6-2)16-15-33-31(40)29-19(3)27(35-20(29)4)18-25-24-17-21(7-12-26(24)36-30(25)39)28-13-14-34-38(28)23-10-8-22(32)9-11-23/h7-14,17-18,35H,5-6,15-16H2,1-4H3,(H,33,40)(H,36,39). The molecule has 2 aromatic carbocycles. The van der Waals surface area contributed by atoms with Crippen LogP contribution in [-0.2, 0) is 4.79 Å². The van der Waals surface area contributed by atoms with Crippen LogP contribution in [0, 0.1) is 13.8 Å². The molecule has 0 saturated heterocycles. The molecule has 3 heterocycles. The van der Waals surface area contributed by atoms with Crippen molar-refractivity contribution in [1.82, 2.24) is 25.0 Å². The topological polar surface area (TPSA) is 95.1 Å². The lowest BCUT2D eigenvalue weighted by Crippen LogP contribution is -2.35. The molecule has 8 nitrogen and oxygen atoms in total. The molecule has 0 saturated carbocycles. The van der Waals surface area contributed by atoms with E-state index in [1.54, 1.807) is 6.20 Å². The molecule has 2 aromatic heterocycles. The smallest absolute Gasteiger partial charge is 0.256 e. The number of nitrogens with one attached hydrogen (secondary N) is 3. The van der Waals surface area contributed by atoms with E-state index in [0.29, 0.717) is 22.7 Å². The van der Waals surface area contributed by atoms with Crippen LogP contribution in [-0.4, -0.2) is 57.7 Å². The maximum absolute atomic E-state index is 13.0. The first kappa shape index (κ1) is 27.4. The van der Waals surface area contributed by atoms with E-state index in [1.165, 1.54) is 0 Å². The Morgan fingerprint density at radius 2 is 1.85 bits per heavy atom. The van der Waals surface area contributed by atoms with Crippen molar-refractivity contribution < 1.29 is 9.59 Å². The summed E-state index contributed by atoms with van der Waals surface area (Å²) in [6, 6.07) is 15.3. The average Bonchev–Trinajstić information content (AvgIpc) is 3.63. The number of amides is 2. The third-order valence-electron chi connectivity index (χ3n) is 7.41. The first-order valence-electron chi connectivity index (χ1n) is 13.5. The second kappa shape index (κ2) is 11.5. The van der Waals surface area contributed by atoms with Gasteiger partial charge in [-0.2, -0.15) is 5.10 Å². The Hall–Kier alpha value is -4.14. The minimum atomic E-state index is -0.185. The first-order chi connectivity index (χ1) is 19.3. The lowest BCUT2D eigenvalue weighted by atomic mass is 10.0. The quantitative estimate of drug-likeness (QED) is 0.230. The van der Waals surface area contributed by atoms with Gasteiger partial charge in [0.25, 0.3) is 11.8 Å². The second-order valence-corrected chi connectivity index (χ2v) is 10.3. The summed E-state index contributed by atoms with van der Waals surface area (Å²) in [5.74, 6) is -0.299. The number of fused-ring (bicyclic) bond motifs is 1. The molecular weight excluding hydrogens is 524 g/mol. The fourth-order valence-electron chi connectivity index (χ4n) is 5.16. The number of carbonyl (C=O) groups is 2. The van der Waals surface area contributed by atoms with Gasteiger partial charge in [0, 0.05) is 46.3 Å². The van der Waals surface area contributed by atoms with E-state index in [0.717, 1.165) is 64.8 Å². The number of aromatic amines is 1. The first-order valence-corrected chi connectivity index (χ1v) is 13.9. The van der Waals surface area contributed by atoms with Crippen LogP contribution < -0.4 is 10.6 Å². The Morgan fingerprint density at radius 1 is 1.10 bits per heavy atom. The highest BCUT2D eigenvalue weighted by atomic mass is 35.5. The third-order valence-corrected chi connectivity index (χ3v) is 7.66. The van der Waals surface area contributed by atoms with Crippen LogP contribution in [0.1, 0.15) is 46.7 Å². The van der Waals surface area contributed by atoms with Gasteiger partial charge in [0.15, 0.2) is 0 Å². The van der Waals surface area contributed by atoms with Crippen LogP contribution in [0.5, 0.6) is 0 Å². The number of halogens is 1. The number of carbonyl (C=O) groups excluding carboxylic acids is 2. The predicted octanol–water partition coefficient (Wildman–Crippen LogP) is 5.70. The number of likely N-dealkylation sites (N-methyl/N-ethyl adjacent to an activating group) is 1. The Labute approximate surface area is 239 Å². The molecule has 1 aliphatic heterocycles.